The van der Waals surface area contributed by atoms with Crippen molar-refractivity contribution in [1.29, 1.82) is 0 Å². The molecular formula is C21H21Cl2FN2O4. The van der Waals surface area contributed by atoms with Crippen LogP contribution in [0.3, 0.4) is 0 Å². The van der Waals surface area contributed by atoms with Gasteiger partial charge >= 0.3 is 0 Å². The largest absolute Gasteiger partial charge is 0.490 e. The molecular weight excluding hydrogens is 434 g/mol. The third-order valence-corrected chi connectivity index (χ3v) is 6.19. The van der Waals surface area contributed by atoms with Crippen molar-refractivity contribution in [2.24, 2.45) is 0 Å². The number of hydrogen-bond acceptors (Lipinski definition) is 5. The van der Waals surface area contributed by atoms with Gasteiger partial charge in [-0.25, -0.2) is 4.39 Å². The van der Waals surface area contributed by atoms with Gasteiger partial charge in [0.1, 0.15) is 29.9 Å². The van der Waals surface area contributed by atoms with Crippen molar-refractivity contribution in [3.8, 4) is 5.75 Å². The second kappa shape index (κ2) is 8.23. The van der Waals surface area contributed by atoms with E-state index in [1.807, 2.05) is 0 Å². The van der Waals surface area contributed by atoms with Gasteiger partial charge in [0.05, 0.1) is 16.4 Å². The lowest BCUT2D eigenvalue weighted by Gasteiger charge is -2.42. The molecule has 9 heteroatoms. The van der Waals surface area contributed by atoms with Crippen molar-refractivity contribution >= 4 is 40.5 Å². The Morgan fingerprint density at radius 1 is 1.27 bits per heavy atom. The summed E-state index contributed by atoms with van der Waals surface area (Å²) in [4.78, 5) is 13.3. The number of anilines is 2. The second-order valence-electron chi connectivity index (χ2n) is 7.65. The number of piperidine rings is 1. The van der Waals surface area contributed by atoms with E-state index in [0.29, 0.717) is 46.6 Å². The molecule has 2 aliphatic rings. The Labute approximate surface area is 183 Å². The van der Waals surface area contributed by atoms with E-state index >= 15 is 0 Å². The van der Waals surface area contributed by atoms with E-state index in [-0.39, 0.29) is 25.5 Å². The molecule has 1 fully saturated rings. The Morgan fingerprint density at radius 2 is 2.07 bits per heavy atom. The molecule has 4 rings (SSSR count). The zero-order valence-corrected chi connectivity index (χ0v) is 17.5. The highest BCUT2D eigenvalue weighted by molar-refractivity contribution is 6.34. The molecule has 0 radical (unpaired) electrons. The number of ether oxygens (including phenoxy) is 1. The summed E-state index contributed by atoms with van der Waals surface area (Å²) in [7, 11) is 0. The quantitative estimate of drug-likeness (QED) is 0.659. The minimum absolute atomic E-state index is 0.0488. The number of hydrogen-bond donors (Lipinski definition) is 3. The first-order valence-electron chi connectivity index (χ1n) is 9.61. The van der Waals surface area contributed by atoms with E-state index in [9.17, 15) is 19.4 Å². The number of benzene rings is 2. The van der Waals surface area contributed by atoms with Crippen LogP contribution in [-0.2, 0) is 11.2 Å². The number of fused-ring (bicyclic) bond motifs is 1. The molecule has 0 bridgehead atoms. The molecule has 1 saturated heterocycles. The van der Waals surface area contributed by atoms with Gasteiger partial charge in [0.2, 0.25) is 5.91 Å². The zero-order chi connectivity index (χ0) is 21.5. The Balaban J connectivity index is 1.46. The average molecular weight is 455 g/mol. The van der Waals surface area contributed by atoms with Crippen LogP contribution in [0.4, 0.5) is 15.8 Å². The lowest BCUT2D eigenvalue weighted by Crippen LogP contribution is -2.58. The van der Waals surface area contributed by atoms with Gasteiger partial charge in [-0.1, -0.05) is 23.2 Å². The first-order valence-corrected chi connectivity index (χ1v) is 10.4. The van der Waals surface area contributed by atoms with Crippen LogP contribution in [0, 0.1) is 5.82 Å². The Bertz CT molecular complexity index is 990. The van der Waals surface area contributed by atoms with Crippen molar-refractivity contribution in [1.82, 2.24) is 0 Å². The highest BCUT2D eigenvalue weighted by Crippen LogP contribution is 2.38. The summed E-state index contributed by atoms with van der Waals surface area (Å²) < 4.78 is 20.1. The minimum Gasteiger partial charge on any atom is -0.490 e. The van der Waals surface area contributed by atoms with Gasteiger partial charge in [-0.05, 0) is 43.2 Å². The average Bonchev–Trinajstić information content (AvgIpc) is 2.70. The Morgan fingerprint density at radius 3 is 2.80 bits per heavy atom. The maximum absolute atomic E-state index is 14.2. The number of rotatable bonds is 4. The fourth-order valence-electron chi connectivity index (χ4n) is 3.85. The third-order valence-electron chi connectivity index (χ3n) is 5.64. The molecule has 30 heavy (non-hydrogen) atoms. The van der Waals surface area contributed by atoms with Gasteiger partial charge in [-0.2, -0.15) is 0 Å². The molecule has 2 atom stereocenters. The SMILES string of the molecule is O=C1CCc2c(OCC3(O)CCN(c4ccc(Cl)cc4F)CC3O)ccc(Cl)c2N1. The van der Waals surface area contributed by atoms with Gasteiger partial charge in [-0.15, -0.1) is 0 Å². The lowest BCUT2D eigenvalue weighted by molar-refractivity contribution is -0.116. The molecule has 6 nitrogen and oxygen atoms in total. The maximum Gasteiger partial charge on any atom is 0.224 e. The monoisotopic (exact) mass is 454 g/mol. The lowest BCUT2D eigenvalue weighted by atomic mass is 9.89. The number of nitrogens with zero attached hydrogens (tertiary/aromatic N) is 1. The summed E-state index contributed by atoms with van der Waals surface area (Å²) in [5.41, 5.74) is 0.111. The topological polar surface area (TPSA) is 82.0 Å². The molecule has 0 aliphatic carbocycles. The van der Waals surface area contributed by atoms with Crippen LogP contribution in [0.25, 0.3) is 0 Å². The highest BCUT2D eigenvalue weighted by atomic mass is 35.5. The van der Waals surface area contributed by atoms with E-state index in [0.717, 1.165) is 5.56 Å². The first-order chi connectivity index (χ1) is 14.3. The predicted molar refractivity (Wildman–Crippen MR) is 113 cm³/mol. The molecule has 0 spiro atoms. The standard InChI is InChI=1S/C21H21Cl2FN2O4/c22-12-1-4-16(15(24)9-12)26-8-7-21(29,18(27)10-26)11-30-17-5-3-14(23)20-13(17)2-6-19(28)25-20/h1,3-5,9,18,27,29H,2,6-8,10-11H2,(H,25,28). The number of β-amino-alcohol motifs (C(OH)–C–C–N with tert-alkyl or cyclic N) is 1. The van der Waals surface area contributed by atoms with Crippen molar-refractivity contribution in [3.05, 3.63) is 51.8 Å². The maximum atomic E-state index is 14.2. The van der Waals surface area contributed by atoms with Crippen molar-refractivity contribution in [2.75, 3.05) is 29.9 Å². The third kappa shape index (κ3) is 4.07. The summed E-state index contributed by atoms with van der Waals surface area (Å²) in [6, 6.07) is 7.66. The van der Waals surface area contributed by atoms with Crippen molar-refractivity contribution in [2.45, 2.75) is 31.0 Å². The summed E-state index contributed by atoms with van der Waals surface area (Å²) in [6.07, 6.45) is -0.174. The van der Waals surface area contributed by atoms with Crippen LogP contribution in [0.15, 0.2) is 30.3 Å². The van der Waals surface area contributed by atoms with Crippen LogP contribution in [0.5, 0.6) is 5.75 Å². The normalized spacial score (nSPS) is 23.7. The van der Waals surface area contributed by atoms with E-state index in [1.165, 1.54) is 6.07 Å². The summed E-state index contributed by atoms with van der Waals surface area (Å²) >= 11 is 12.0. The predicted octanol–water partition coefficient (Wildman–Crippen LogP) is 3.40. The van der Waals surface area contributed by atoms with Crippen LogP contribution in [0.2, 0.25) is 10.0 Å². The van der Waals surface area contributed by atoms with E-state index < -0.39 is 17.5 Å². The molecule has 160 valence electrons. The second-order valence-corrected chi connectivity index (χ2v) is 8.49. The van der Waals surface area contributed by atoms with Crippen LogP contribution < -0.4 is 15.0 Å². The number of nitrogens with one attached hydrogen (secondary N) is 1. The van der Waals surface area contributed by atoms with Gasteiger partial charge in [-0.3, -0.25) is 4.79 Å². The van der Waals surface area contributed by atoms with Crippen molar-refractivity contribution < 1.29 is 24.1 Å². The molecule has 2 unspecified atom stereocenters. The number of carbonyl (C=O) groups is 1. The first kappa shape index (κ1) is 21.2. The van der Waals surface area contributed by atoms with Crippen LogP contribution in [0.1, 0.15) is 18.4 Å². The van der Waals surface area contributed by atoms with Crippen LogP contribution in [-0.4, -0.2) is 47.5 Å². The van der Waals surface area contributed by atoms with E-state index in [2.05, 4.69) is 5.32 Å². The van der Waals surface area contributed by atoms with Gasteiger partial charge in [0.25, 0.3) is 0 Å². The van der Waals surface area contributed by atoms with Gasteiger partial charge in [0.15, 0.2) is 0 Å². The van der Waals surface area contributed by atoms with Gasteiger partial charge < -0.3 is 25.2 Å². The number of halogens is 3. The summed E-state index contributed by atoms with van der Waals surface area (Å²) in [6.45, 7) is 0.241. The molecule has 3 N–H and O–H groups in total. The Hall–Kier alpha value is -2.06. The van der Waals surface area contributed by atoms with Crippen LogP contribution >= 0.6 is 23.2 Å². The fraction of sp³-hybridized carbons (Fsp3) is 0.381. The van der Waals surface area contributed by atoms with E-state index in [4.69, 9.17) is 27.9 Å². The fourth-order valence-corrected chi connectivity index (χ4v) is 4.23. The highest BCUT2D eigenvalue weighted by Gasteiger charge is 2.42. The number of amides is 1. The number of carbonyl (C=O) groups excluding carboxylic acids is 1. The molecule has 2 aromatic rings. The number of aliphatic hydroxyl groups excluding tert-OH is 1. The van der Waals surface area contributed by atoms with Crippen molar-refractivity contribution in [3.63, 3.8) is 0 Å². The zero-order valence-electron chi connectivity index (χ0n) is 16.0. The van der Waals surface area contributed by atoms with Gasteiger partial charge in [0, 0.05) is 30.1 Å². The Kier molecular flexibility index (Phi) is 5.81. The summed E-state index contributed by atoms with van der Waals surface area (Å²) in [5.74, 6) is -0.0927. The summed E-state index contributed by atoms with van der Waals surface area (Å²) in [5, 5.41) is 25.0. The smallest absolute Gasteiger partial charge is 0.224 e. The molecule has 2 aliphatic heterocycles. The molecule has 2 heterocycles. The van der Waals surface area contributed by atoms with E-state index in [1.54, 1.807) is 29.2 Å². The molecule has 0 saturated carbocycles. The molecule has 2 aromatic carbocycles. The number of aliphatic hydroxyl groups is 2. The molecule has 0 aromatic heterocycles. The molecule has 1 amide bonds. The minimum atomic E-state index is -1.50.